The molecule has 0 heteroatoms. The molecule has 0 aromatic carbocycles. The van der Waals surface area contributed by atoms with Gasteiger partial charge < -0.3 is 0 Å². The van der Waals surface area contributed by atoms with Crippen molar-refractivity contribution in [2.24, 2.45) is 21.7 Å². The molecule has 0 amide bonds. The Bertz CT molecular complexity index is 252. The van der Waals surface area contributed by atoms with Crippen molar-refractivity contribution in [3.63, 3.8) is 0 Å². The first-order chi connectivity index (χ1) is 6.37. The van der Waals surface area contributed by atoms with Crippen molar-refractivity contribution in [1.82, 2.24) is 0 Å². The van der Waals surface area contributed by atoms with Crippen molar-refractivity contribution >= 4 is 0 Å². The average molecular weight is 192 g/mol. The van der Waals surface area contributed by atoms with Gasteiger partial charge in [0.1, 0.15) is 0 Å². The molecule has 0 N–H and O–H groups in total. The normalized spacial score (nSPS) is 38.6. The summed E-state index contributed by atoms with van der Waals surface area (Å²) >= 11 is 0. The van der Waals surface area contributed by atoms with Crippen LogP contribution < -0.4 is 0 Å². The van der Waals surface area contributed by atoms with Crippen molar-refractivity contribution in [2.75, 3.05) is 0 Å². The molecule has 0 bridgehead atoms. The smallest absolute Gasteiger partial charge is 0.0184 e. The van der Waals surface area contributed by atoms with E-state index < -0.39 is 0 Å². The van der Waals surface area contributed by atoms with Crippen LogP contribution in [0.25, 0.3) is 0 Å². The van der Waals surface area contributed by atoms with Gasteiger partial charge in [-0.15, -0.1) is 0 Å². The maximum Gasteiger partial charge on any atom is -0.0184 e. The lowest BCUT2D eigenvalue weighted by Gasteiger charge is -2.32. The minimum atomic E-state index is 0.608. The van der Waals surface area contributed by atoms with E-state index in [2.05, 4.69) is 27.7 Å². The molecule has 3 aliphatic carbocycles. The predicted octanol–water partition coefficient (Wildman–Crippen LogP) is 4.39. The quantitative estimate of drug-likeness (QED) is 0.534. The highest BCUT2D eigenvalue weighted by molar-refractivity contribution is 5.25. The summed E-state index contributed by atoms with van der Waals surface area (Å²) in [6.07, 6.45) is 9.22. The molecule has 3 saturated carbocycles. The summed E-state index contributed by atoms with van der Waals surface area (Å²) in [5, 5.41) is 0. The van der Waals surface area contributed by atoms with E-state index in [-0.39, 0.29) is 0 Å². The Morgan fingerprint density at radius 3 is 1.21 bits per heavy atom. The third kappa shape index (κ3) is 0.750. The van der Waals surface area contributed by atoms with Crippen LogP contribution in [0.2, 0.25) is 0 Å². The van der Waals surface area contributed by atoms with Gasteiger partial charge in [-0.25, -0.2) is 0 Å². The van der Waals surface area contributed by atoms with E-state index in [9.17, 15) is 0 Å². The SMILES string of the molecule is CC1(C)C(C)(C)C12CCC1(CC1)CC2. The van der Waals surface area contributed by atoms with E-state index in [1.165, 1.54) is 12.8 Å². The Balaban J connectivity index is 1.82. The summed E-state index contributed by atoms with van der Waals surface area (Å²) in [6.45, 7) is 9.99. The molecule has 0 heterocycles. The molecule has 0 unspecified atom stereocenters. The fourth-order valence-electron chi connectivity index (χ4n) is 4.68. The van der Waals surface area contributed by atoms with Crippen LogP contribution in [0.4, 0.5) is 0 Å². The third-order valence-corrected chi connectivity index (χ3v) is 7.01. The zero-order valence-corrected chi connectivity index (χ0v) is 10.2. The summed E-state index contributed by atoms with van der Waals surface area (Å²) in [5.41, 5.74) is 2.79. The summed E-state index contributed by atoms with van der Waals surface area (Å²) < 4.78 is 0. The Morgan fingerprint density at radius 1 is 0.571 bits per heavy atom. The topological polar surface area (TPSA) is 0 Å². The van der Waals surface area contributed by atoms with Crippen LogP contribution in [0, 0.1) is 21.7 Å². The number of hydrogen-bond donors (Lipinski definition) is 0. The van der Waals surface area contributed by atoms with E-state index >= 15 is 0 Å². The first-order valence-electron chi connectivity index (χ1n) is 6.37. The summed E-state index contributed by atoms with van der Waals surface area (Å²) in [5.74, 6) is 0. The van der Waals surface area contributed by atoms with Gasteiger partial charge in [-0.05, 0) is 60.2 Å². The van der Waals surface area contributed by atoms with Crippen molar-refractivity contribution in [3.05, 3.63) is 0 Å². The van der Waals surface area contributed by atoms with E-state index in [0.29, 0.717) is 16.2 Å². The Hall–Kier alpha value is 0. The maximum atomic E-state index is 2.50. The molecule has 0 aromatic rings. The van der Waals surface area contributed by atoms with E-state index in [4.69, 9.17) is 0 Å². The zero-order valence-electron chi connectivity index (χ0n) is 10.2. The minimum Gasteiger partial charge on any atom is -0.0588 e. The van der Waals surface area contributed by atoms with E-state index in [1.807, 2.05) is 0 Å². The van der Waals surface area contributed by atoms with Crippen LogP contribution in [0.5, 0.6) is 0 Å². The van der Waals surface area contributed by atoms with Crippen molar-refractivity contribution in [2.45, 2.75) is 66.2 Å². The Labute approximate surface area is 88.5 Å². The molecule has 0 atom stereocenters. The van der Waals surface area contributed by atoms with Crippen LogP contribution in [-0.2, 0) is 0 Å². The molecule has 3 rings (SSSR count). The van der Waals surface area contributed by atoms with Crippen molar-refractivity contribution < 1.29 is 0 Å². The second-order valence-corrected chi connectivity index (χ2v) is 7.33. The van der Waals surface area contributed by atoms with Gasteiger partial charge in [0.2, 0.25) is 0 Å². The van der Waals surface area contributed by atoms with Gasteiger partial charge in [0.05, 0.1) is 0 Å². The molecule has 3 fully saturated rings. The second-order valence-electron chi connectivity index (χ2n) is 7.33. The molecule has 0 aromatic heterocycles. The van der Waals surface area contributed by atoms with Gasteiger partial charge in [0, 0.05) is 0 Å². The van der Waals surface area contributed by atoms with Gasteiger partial charge >= 0.3 is 0 Å². The van der Waals surface area contributed by atoms with Crippen molar-refractivity contribution in [3.8, 4) is 0 Å². The van der Waals surface area contributed by atoms with Gasteiger partial charge in [-0.1, -0.05) is 27.7 Å². The first-order valence-corrected chi connectivity index (χ1v) is 6.37. The summed E-state index contributed by atoms with van der Waals surface area (Å²) in [4.78, 5) is 0. The van der Waals surface area contributed by atoms with Gasteiger partial charge in [-0.3, -0.25) is 0 Å². The largest absolute Gasteiger partial charge is 0.0588 e. The highest BCUT2D eigenvalue weighted by atomic mass is 14.8. The molecule has 3 aliphatic rings. The molecular formula is C14H24. The van der Waals surface area contributed by atoms with Gasteiger partial charge in [0.25, 0.3) is 0 Å². The van der Waals surface area contributed by atoms with E-state index in [0.717, 1.165) is 5.41 Å². The third-order valence-electron chi connectivity index (χ3n) is 7.01. The monoisotopic (exact) mass is 192 g/mol. The van der Waals surface area contributed by atoms with Crippen LogP contribution in [0.15, 0.2) is 0 Å². The number of hydrogen-bond acceptors (Lipinski definition) is 0. The van der Waals surface area contributed by atoms with Crippen LogP contribution in [0.1, 0.15) is 66.2 Å². The fourth-order valence-corrected chi connectivity index (χ4v) is 4.68. The lowest BCUT2D eigenvalue weighted by Crippen LogP contribution is -2.21. The fraction of sp³-hybridized carbons (Fsp3) is 1.00. The molecule has 80 valence electrons. The maximum absolute atomic E-state index is 2.50. The van der Waals surface area contributed by atoms with E-state index in [1.54, 1.807) is 25.7 Å². The van der Waals surface area contributed by atoms with Crippen molar-refractivity contribution in [1.29, 1.82) is 0 Å². The van der Waals surface area contributed by atoms with Crippen LogP contribution in [-0.4, -0.2) is 0 Å². The zero-order chi connectivity index (χ0) is 10.2. The predicted molar refractivity (Wildman–Crippen MR) is 60.1 cm³/mol. The molecule has 2 spiro atoms. The average Bonchev–Trinajstić information content (AvgIpc) is 2.92. The molecule has 0 radical (unpaired) electrons. The van der Waals surface area contributed by atoms with Crippen LogP contribution in [0.3, 0.4) is 0 Å². The Morgan fingerprint density at radius 2 is 0.929 bits per heavy atom. The minimum absolute atomic E-state index is 0.608. The molecule has 14 heavy (non-hydrogen) atoms. The lowest BCUT2D eigenvalue weighted by atomic mass is 9.73. The highest BCUT2D eigenvalue weighted by Gasteiger charge is 2.77. The molecule has 0 nitrogen and oxygen atoms in total. The first kappa shape index (κ1) is 9.24. The standard InChI is InChI=1S/C14H24/c1-11(2)12(3,4)14(11)9-7-13(5-6-13)8-10-14/h5-10H2,1-4H3. The lowest BCUT2D eigenvalue weighted by molar-refractivity contribution is 0.184. The number of rotatable bonds is 0. The van der Waals surface area contributed by atoms with Gasteiger partial charge in [0.15, 0.2) is 0 Å². The second kappa shape index (κ2) is 2.08. The summed E-state index contributed by atoms with van der Waals surface area (Å²) in [7, 11) is 0. The van der Waals surface area contributed by atoms with Gasteiger partial charge in [-0.2, -0.15) is 0 Å². The molecule has 0 aliphatic heterocycles. The van der Waals surface area contributed by atoms with Crippen LogP contribution >= 0.6 is 0 Å². The molecule has 0 saturated heterocycles. The Kier molecular flexibility index (Phi) is 1.37. The summed E-state index contributed by atoms with van der Waals surface area (Å²) in [6, 6.07) is 0. The highest BCUT2D eigenvalue weighted by Crippen LogP contribution is 2.84. The molecular weight excluding hydrogens is 168 g/mol.